The van der Waals surface area contributed by atoms with Gasteiger partial charge in [0.15, 0.2) is 5.69 Å². The number of nitrogens with two attached hydrogens (primary N) is 1. The molecule has 0 aliphatic heterocycles. The van der Waals surface area contributed by atoms with Crippen LogP contribution >= 0.6 is 0 Å². The maximum Gasteiger partial charge on any atom is 0.188 e. The van der Waals surface area contributed by atoms with Crippen LogP contribution in [0, 0.1) is 13.5 Å². The van der Waals surface area contributed by atoms with Crippen molar-refractivity contribution in [1.29, 1.82) is 0 Å². The Morgan fingerprint density at radius 1 is 1.20 bits per heavy atom. The van der Waals surface area contributed by atoms with Gasteiger partial charge in [0.1, 0.15) is 0 Å². The van der Waals surface area contributed by atoms with Crippen LogP contribution in [0.15, 0.2) is 42.6 Å². The van der Waals surface area contributed by atoms with Crippen molar-refractivity contribution in [3.8, 4) is 11.1 Å². The highest BCUT2D eigenvalue weighted by molar-refractivity contribution is 5.99. The van der Waals surface area contributed by atoms with E-state index in [0.29, 0.717) is 11.7 Å². The van der Waals surface area contributed by atoms with E-state index in [1.54, 1.807) is 0 Å². The van der Waals surface area contributed by atoms with E-state index in [-0.39, 0.29) is 6.10 Å². The smallest absolute Gasteiger partial charge is 0.188 e. The zero-order valence-corrected chi connectivity index (χ0v) is 14.2. The number of aliphatic hydroxyl groups is 1. The van der Waals surface area contributed by atoms with Crippen LogP contribution in [0.3, 0.4) is 0 Å². The summed E-state index contributed by atoms with van der Waals surface area (Å²) in [5.41, 5.74) is 11.9. The molecule has 2 aromatic carbocycles. The van der Waals surface area contributed by atoms with Crippen LogP contribution in [0.1, 0.15) is 30.9 Å². The van der Waals surface area contributed by atoms with E-state index in [2.05, 4.69) is 21.7 Å². The lowest BCUT2D eigenvalue weighted by atomic mass is 9.99. The van der Waals surface area contributed by atoms with E-state index in [9.17, 15) is 5.11 Å². The summed E-state index contributed by atoms with van der Waals surface area (Å²) in [4.78, 5) is 3.59. The van der Waals surface area contributed by atoms with E-state index in [1.807, 2.05) is 37.3 Å². The second kappa shape index (κ2) is 5.94. The average molecular weight is 331 g/mol. The third-order valence-corrected chi connectivity index (χ3v) is 5.38. The number of hydrogen-bond acceptors (Lipinski definition) is 2. The van der Waals surface area contributed by atoms with Crippen LogP contribution in [0.2, 0.25) is 0 Å². The van der Waals surface area contributed by atoms with E-state index >= 15 is 0 Å². The third-order valence-electron chi connectivity index (χ3n) is 5.38. The first kappa shape index (κ1) is 15.7. The average Bonchev–Trinajstić information content (AvgIpc) is 3.20. The first-order chi connectivity index (χ1) is 12.1. The highest BCUT2D eigenvalue weighted by Gasteiger charge is 2.26. The molecule has 3 N–H and O–H groups in total. The van der Waals surface area contributed by atoms with Crippen molar-refractivity contribution < 1.29 is 5.11 Å². The second-order valence-corrected chi connectivity index (χ2v) is 6.90. The van der Waals surface area contributed by atoms with Crippen LogP contribution in [0.4, 0.5) is 11.4 Å². The molecule has 4 heteroatoms. The monoisotopic (exact) mass is 331 g/mol. The number of nitrogen functional groups attached to an aromatic ring is 1. The lowest BCUT2D eigenvalue weighted by molar-refractivity contribution is 0.178. The quantitative estimate of drug-likeness (QED) is 0.522. The third kappa shape index (κ3) is 2.57. The van der Waals surface area contributed by atoms with Gasteiger partial charge in [-0.25, -0.2) is 4.85 Å². The predicted molar refractivity (Wildman–Crippen MR) is 102 cm³/mol. The van der Waals surface area contributed by atoms with Crippen molar-refractivity contribution >= 4 is 22.3 Å². The molecule has 1 heterocycles. The summed E-state index contributed by atoms with van der Waals surface area (Å²) in [6, 6.07) is 12.1. The van der Waals surface area contributed by atoms with Crippen LogP contribution in [-0.2, 0) is 0 Å². The molecule has 25 heavy (non-hydrogen) atoms. The van der Waals surface area contributed by atoms with E-state index in [0.717, 1.165) is 52.5 Å². The van der Waals surface area contributed by atoms with Gasteiger partial charge in [-0.3, -0.25) is 0 Å². The number of anilines is 1. The van der Waals surface area contributed by atoms with Crippen molar-refractivity contribution in [1.82, 2.24) is 4.57 Å². The summed E-state index contributed by atoms with van der Waals surface area (Å²) in [6.45, 7) is 9.37. The molecule has 4 nitrogen and oxygen atoms in total. The number of hydrogen-bond donors (Lipinski definition) is 2. The number of benzene rings is 2. The van der Waals surface area contributed by atoms with Crippen molar-refractivity contribution in [3.05, 3.63) is 59.6 Å². The summed E-state index contributed by atoms with van der Waals surface area (Å²) < 4.78 is 2.28. The number of aromatic nitrogens is 1. The molecule has 2 atom stereocenters. The Morgan fingerprint density at radius 3 is 2.76 bits per heavy atom. The summed E-state index contributed by atoms with van der Waals surface area (Å²) in [5, 5.41) is 11.0. The lowest BCUT2D eigenvalue weighted by Gasteiger charge is -2.13. The van der Waals surface area contributed by atoms with Gasteiger partial charge in [0.25, 0.3) is 0 Å². The van der Waals surface area contributed by atoms with Crippen molar-refractivity contribution in [3.63, 3.8) is 0 Å². The molecule has 2 unspecified atom stereocenters. The van der Waals surface area contributed by atoms with Gasteiger partial charge >= 0.3 is 0 Å². The van der Waals surface area contributed by atoms with E-state index < -0.39 is 0 Å². The summed E-state index contributed by atoms with van der Waals surface area (Å²) in [7, 11) is 0. The van der Waals surface area contributed by atoms with Gasteiger partial charge in [0, 0.05) is 29.0 Å². The zero-order valence-electron chi connectivity index (χ0n) is 14.2. The number of fused-ring (bicyclic) bond motifs is 1. The maximum absolute atomic E-state index is 9.95. The Kier molecular flexibility index (Phi) is 3.74. The number of nitrogens with zero attached hydrogens (tertiary/aromatic N) is 2. The molecule has 0 amide bonds. The molecule has 0 spiro atoms. The molecular weight excluding hydrogens is 310 g/mol. The topological polar surface area (TPSA) is 55.5 Å². The van der Waals surface area contributed by atoms with Gasteiger partial charge in [-0.1, -0.05) is 18.2 Å². The summed E-state index contributed by atoms with van der Waals surface area (Å²) in [5.74, 6) is 0. The zero-order chi connectivity index (χ0) is 17.6. The van der Waals surface area contributed by atoms with Crippen LogP contribution in [-0.4, -0.2) is 15.8 Å². The SMILES string of the molecule is [C-]#[N+]c1ccc2c(c1)c(-c1cccc(N)c1C)cn2C1CCC(O)C1. The van der Waals surface area contributed by atoms with Gasteiger partial charge < -0.3 is 15.4 Å². The fourth-order valence-electron chi connectivity index (χ4n) is 3.96. The van der Waals surface area contributed by atoms with Gasteiger partial charge in [-0.15, -0.1) is 0 Å². The number of rotatable bonds is 2. The molecular formula is C21H21N3O. The molecule has 126 valence electrons. The Balaban J connectivity index is 1.97. The minimum atomic E-state index is -0.220. The molecule has 1 fully saturated rings. The fourth-order valence-corrected chi connectivity index (χ4v) is 3.96. The molecule has 1 aliphatic carbocycles. The van der Waals surface area contributed by atoms with E-state index in [4.69, 9.17) is 12.3 Å². The highest BCUT2D eigenvalue weighted by atomic mass is 16.3. The summed E-state index contributed by atoms with van der Waals surface area (Å²) >= 11 is 0. The van der Waals surface area contributed by atoms with Crippen LogP contribution in [0.5, 0.6) is 0 Å². The van der Waals surface area contributed by atoms with Crippen molar-refractivity contribution in [2.75, 3.05) is 5.73 Å². The second-order valence-electron chi connectivity index (χ2n) is 6.90. The Hall–Kier alpha value is -2.77. The maximum atomic E-state index is 9.95. The fraction of sp³-hybridized carbons (Fsp3) is 0.286. The van der Waals surface area contributed by atoms with Crippen molar-refractivity contribution in [2.45, 2.75) is 38.3 Å². The molecule has 0 saturated heterocycles. The van der Waals surface area contributed by atoms with Gasteiger partial charge in [0.05, 0.1) is 12.7 Å². The largest absolute Gasteiger partial charge is 0.398 e. The molecule has 1 aromatic heterocycles. The van der Waals surface area contributed by atoms with E-state index in [1.165, 1.54) is 0 Å². The molecule has 1 saturated carbocycles. The Labute approximate surface area is 147 Å². The Morgan fingerprint density at radius 2 is 2.04 bits per heavy atom. The first-order valence-corrected chi connectivity index (χ1v) is 8.64. The number of aliphatic hydroxyl groups excluding tert-OH is 1. The molecule has 0 radical (unpaired) electrons. The van der Waals surface area contributed by atoms with Crippen LogP contribution in [0.25, 0.3) is 26.9 Å². The van der Waals surface area contributed by atoms with Gasteiger partial charge in [0.2, 0.25) is 0 Å². The molecule has 1 aliphatic rings. The summed E-state index contributed by atoms with van der Waals surface area (Å²) in [6.07, 6.45) is 4.55. The minimum Gasteiger partial charge on any atom is -0.398 e. The lowest BCUT2D eigenvalue weighted by Crippen LogP contribution is -2.05. The normalized spacial score (nSPS) is 20.0. The van der Waals surface area contributed by atoms with Gasteiger partial charge in [-0.2, -0.15) is 0 Å². The first-order valence-electron chi connectivity index (χ1n) is 8.64. The van der Waals surface area contributed by atoms with Crippen molar-refractivity contribution in [2.24, 2.45) is 0 Å². The predicted octanol–water partition coefficient (Wildman–Crippen LogP) is 4.84. The Bertz CT molecular complexity index is 996. The van der Waals surface area contributed by atoms with Gasteiger partial charge in [-0.05, 0) is 60.9 Å². The molecule has 4 rings (SSSR count). The molecule has 0 bridgehead atoms. The standard InChI is InChI=1S/C21H21N3O/c1-13-17(4-3-5-20(13)22)19-12-24(15-7-8-16(25)11-15)21-9-6-14(23-2)10-18(19)21/h3-6,9-10,12,15-16,25H,7-8,11,22H2,1H3. The highest BCUT2D eigenvalue weighted by Crippen LogP contribution is 2.40. The van der Waals surface area contributed by atoms with Crippen LogP contribution < -0.4 is 5.73 Å². The molecule has 3 aromatic rings. The minimum absolute atomic E-state index is 0.220.